The highest BCUT2D eigenvalue weighted by Gasteiger charge is 2.04. The molecule has 0 fully saturated rings. The van der Waals surface area contributed by atoms with Crippen LogP contribution >= 0.6 is 11.6 Å². The molecule has 0 radical (unpaired) electrons. The van der Waals surface area contributed by atoms with Gasteiger partial charge in [0.2, 0.25) is 0 Å². The van der Waals surface area contributed by atoms with Crippen molar-refractivity contribution in [1.29, 1.82) is 0 Å². The van der Waals surface area contributed by atoms with E-state index < -0.39 is 0 Å². The fraction of sp³-hybridized carbons (Fsp3) is 0.133. The summed E-state index contributed by atoms with van der Waals surface area (Å²) in [5, 5.41) is 0.690. The summed E-state index contributed by atoms with van der Waals surface area (Å²) < 4.78 is 1.91. The predicted molar refractivity (Wildman–Crippen MR) is 74.2 cm³/mol. The molecule has 2 nitrogen and oxygen atoms in total. The molecule has 0 saturated carbocycles. The zero-order valence-corrected chi connectivity index (χ0v) is 10.9. The molecule has 3 aromatic rings. The van der Waals surface area contributed by atoms with Crippen molar-refractivity contribution in [2.24, 2.45) is 0 Å². The Morgan fingerprint density at radius 1 is 1.17 bits per heavy atom. The minimum absolute atomic E-state index is 0.690. The van der Waals surface area contributed by atoms with Gasteiger partial charge in [0.25, 0.3) is 0 Å². The van der Waals surface area contributed by atoms with E-state index >= 15 is 0 Å². The van der Waals surface area contributed by atoms with Crippen molar-refractivity contribution >= 4 is 17.2 Å². The lowest BCUT2D eigenvalue weighted by molar-refractivity contribution is 1.11. The van der Waals surface area contributed by atoms with Crippen molar-refractivity contribution < 1.29 is 0 Å². The first-order valence-corrected chi connectivity index (χ1v) is 6.28. The number of pyridine rings is 1. The van der Waals surface area contributed by atoms with Gasteiger partial charge in [-0.1, -0.05) is 47.5 Å². The van der Waals surface area contributed by atoms with E-state index in [1.165, 1.54) is 11.1 Å². The minimum atomic E-state index is 0.690. The molecule has 3 rings (SSSR count). The Hall–Kier alpha value is -1.80. The first-order valence-electron chi connectivity index (χ1n) is 5.90. The first-order chi connectivity index (χ1) is 8.72. The fourth-order valence-corrected chi connectivity index (χ4v) is 2.35. The van der Waals surface area contributed by atoms with Gasteiger partial charge in [-0.2, -0.15) is 0 Å². The van der Waals surface area contributed by atoms with Crippen molar-refractivity contribution in [3.05, 3.63) is 70.6 Å². The van der Waals surface area contributed by atoms with Gasteiger partial charge in [-0.15, -0.1) is 0 Å². The van der Waals surface area contributed by atoms with Gasteiger partial charge < -0.3 is 0 Å². The number of aryl methyl sites for hydroxylation is 1. The lowest BCUT2D eigenvalue weighted by atomic mass is 10.1. The standard InChI is InChI=1S/C15H13ClN2/c1-11-4-2-5-12(8-11)9-13-10-18-14(16)6-3-7-15(18)17-13/h2-8,10H,9H2,1H3. The number of aromatic nitrogens is 2. The summed E-state index contributed by atoms with van der Waals surface area (Å²) in [7, 11) is 0. The van der Waals surface area contributed by atoms with Crippen molar-refractivity contribution in [3.63, 3.8) is 0 Å². The summed E-state index contributed by atoms with van der Waals surface area (Å²) in [5.74, 6) is 0. The van der Waals surface area contributed by atoms with Gasteiger partial charge in [0.15, 0.2) is 0 Å². The molecule has 0 amide bonds. The van der Waals surface area contributed by atoms with E-state index in [0.29, 0.717) is 5.15 Å². The highest BCUT2D eigenvalue weighted by atomic mass is 35.5. The van der Waals surface area contributed by atoms with Gasteiger partial charge >= 0.3 is 0 Å². The largest absolute Gasteiger partial charge is 0.290 e. The summed E-state index contributed by atoms with van der Waals surface area (Å²) in [6.45, 7) is 2.10. The third-order valence-corrected chi connectivity index (χ3v) is 3.27. The summed E-state index contributed by atoms with van der Waals surface area (Å²) in [6.07, 6.45) is 2.83. The Kier molecular flexibility index (Phi) is 2.80. The molecule has 3 heteroatoms. The molecular weight excluding hydrogens is 244 g/mol. The van der Waals surface area contributed by atoms with Crippen LogP contribution in [0, 0.1) is 6.92 Å². The Balaban J connectivity index is 1.98. The van der Waals surface area contributed by atoms with Crippen LogP contribution in [-0.4, -0.2) is 9.38 Å². The van der Waals surface area contributed by atoms with Crippen LogP contribution in [0.5, 0.6) is 0 Å². The summed E-state index contributed by atoms with van der Waals surface area (Å²) >= 11 is 6.12. The lowest BCUT2D eigenvalue weighted by Gasteiger charge is -1.99. The van der Waals surface area contributed by atoms with E-state index in [4.69, 9.17) is 11.6 Å². The SMILES string of the molecule is Cc1cccc(Cc2cn3c(Cl)cccc3n2)c1. The highest BCUT2D eigenvalue weighted by molar-refractivity contribution is 6.29. The van der Waals surface area contributed by atoms with Crippen molar-refractivity contribution in [2.45, 2.75) is 13.3 Å². The first kappa shape index (κ1) is 11.3. The molecule has 2 aromatic heterocycles. The molecule has 1 aromatic carbocycles. The number of imidazole rings is 1. The zero-order valence-electron chi connectivity index (χ0n) is 10.1. The molecule has 0 atom stereocenters. The highest BCUT2D eigenvalue weighted by Crippen LogP contribution is 2.16. The normalized spacial score (nSPS) is 11.0. The molecule has 0 spiro atoms. The van der Waals surface area contributed by atoms with Gasteiger partial charge in [0.1, 0.15) is 10.8 Å². The van der Waals surface area contributed by atoms with Gasteiger partial charge in [-0.3, -0.25) is 4.40 Å². The van der Waals surface area contributed by atoms with Crippen LogP contribution in [0.1, 0.15) is 16.8 Å². The fourth-order valence-electron chi connectivity index (χ4n) is 2.14. The summed E-state index contributed by atoms with van der Waals surface area (Å²) in [5.41, 5.74) is 4.47. The van der Waals surface area contributed by atoms with Crippen LogP contribution in [0.25, 0.3) is 5.65 Å². The predicted octanol–water partition coefficient (Wildman–Crippen LogP) is 3.89. The average Bonchev–Trinajstić information content (AvgIpc) is 2.73. The van der Waals surface area contributed by atoms with Crippen molar-refractivity contribution in [2.75, 3.05) is 0 Å². The van der Waals surface area contributed by atoms with E-state index in [1.54, 1.807) is 0 Å². The van der Waals surface area contributed by atoms with E-state index in [1.807, 2.05) is 28.8 Å². The lowest BCUT2D eigenvalue weighted by Crippen LogP contribution is -1.88. The Labute approximate surface area is 111 Å². The van der Waals surface area contributed by atoms with E-state index in [-0.39, 0.29) is 0 Å². The third kappa shape index (κ3) is 2.12. The van der Waals surface area contributed by atoms with E-state index in [0.717, 1.165) is 17.8 Å². The quantitative estimate of drug-likeness (QED) is 0.636. The van der Waals surface area contributed by atoms with Gasteiger partial charge in [-0.25, -0.2) is 4.98 Å². The van der Waals surface area contributed by atoms with Gasteiger partial charge in [0, 0.05) is 12.6 Å². The smallest absolute Gasteiger partial charge is 0.138 e. The minimum Gasteiger partial charge on any atom is -0.290 e. The monoisotopic (exact) mass is 256 g/mol. The van der Waals surface area contributed by atoms with Crippen LogP contribution in [0.4, 0.5) is 0 Å². The molecule has 0 unspecified atom stereocenters. The molecule has 18 heavy (non-hydrogen) atoms. The second-order valence-electron chi connectivity index (χ2n) is 4.47. The number of rotatable bonds is 2. The van der Waals surface area contributed by atoms with Crippen LogP contribution in [0.3, 0.4) is 0 Å². The molecule has 0 aliphatic heterocycles. The van der Waals surface area contributed by atoms with Crippen LogP contribution in [0.15, 0.2) is 48.7 Å². The molecule has 0 N–H and O–H groups in total. The van der Waals surface area contributed by atoms with Crippen molar-refractivity contribution in [3.8, 4) is 0 Å². The summed E-state index contributed by atoms with van der Waals surface area (Å²) in [6, 6.07) is 14.2. The molecule has 0 saturated heterocycles. The maximum atomic E-state index is 6.12. The number of fused-ring (bicyclic) bond motifs is 1. The third-order valence-electron chi connectivity index (χ3n) is 2.96. The second-order valence-corrected chi connectivity index (χ2v) is 4.86. The Bertz CT molecular complexity index is 701. The molecule has 0 bridgehead atoms. The van der Waals surface area contributed by atoms with Crippen molar-refractivity contribution in [1.82, 2.24) is 9.38 Å². The Morgan fingerprint density at radius 2 is 2.00 bits per heavy atom. The molecule has 2 heterocycles. The average molecular weight is 257 g/mol. The van der Waals surface area contributed by atoms with Crippen LogP contribution in [-0.2, 0) is 6.42 Å². The van der Waals surface area contributed by atoms with Crippen LogP contribution in [0.2, 0.25) is 5.15 Å². The zero-order chi connectivity index (χ0) is 12.5. The maximum Gasteiger partial charge on any atom is 0.138 e. The number of hydrogen-bond donors (Lipinski definition) is 0. The summed E-state index contributed by atoms with van der Waals surface area (Å²) in [4.78, 5) is 4.58. The number of benzene rings is 1. The van der Waals surface area contributed by atoms with Gasteiger partial charge in [0.05, 0.1) is 5.69 Å². The number of nitrogens with zero attached hydrogens (tertiary/aromatic N) is 2. The second kappa shape index (κ2) is 4.46. The maximum absolute atomic E-state index is 6.12. The number of hydrogen-bond acceptors (Lipinski definition) is 1. The molecule has 0 aliphatic carbocycles. The Morgan fingerprint density at radius 3 is 2.78 bits per heavy atom. The topological polar surface area (TPSA) is 17.3 Å². The number of halogens is 1. The van der Waals surface area contributed by atoms with E-state index in [2.05, 4.69) is 36.2 Å². The molecule has 0 aliphatic rings. The molecule has 90 valence electrons. The van der Waals surface area contributed by atoms with Crippen LogP contribution < -0.4 is 0 Å². The van der Waals surface area contributed by atoms with E-state index in [9.17, 15) is 0 Å². The van der Waals surface area contributed by atoms with Gasteiger partial charge in [-0.05, 0) is 24.6 Å². The molecular formula is C15H13ClN2.